The minimum absolute atomic E-state index is 0.0437. The van der Waals surface area contributed by atoms with Crippen molar-refractivity contribution >= 4 is 5.97 Å². The lowest BCUT2D eigenvalue weighted by atomic mass is 10.1. The molecule has 0 atom stereocenters. The summed E-state index contributed by atoms with van der Waals surface area (Å²) in [7, 11) is 3.05. The van der Waals surface area contributed by atoms with Gasteiger partial charge in [-0.3, -0.25) is 0 Å². The van der Waals surface area contributed by atoms with Gasteiger partial charge in [0, 0.05) is 5.56 Å². The van der Waals surface area contributed by atoms with Gasteiger partial charge < -0.3 is 19.6 Å². The van der Waals surface area contributed by atoms with Crippen LogP contribution >= 0.6 is 0 Å². The van der Waals surface area contributed by atoms with Crippen molar-refractivity contribution in [1.29, 1.82) is 0 Å². The average Bonchev–Trinajstić information content (AvgIpc) is 2.87. The third-order valence-corrected chi connectivity index (χ3v) is 2.51. The molecule has 1 aromatic carbocycles. The normalized spacial score (nSPS) is 10.1. The van der Waals surface area contributed by atoms with Crippen molar-refractivity contribution < 1.29 is 19.4 Å². The molecular weight excluding hydrogens is 236 g/mol. The number of aromatic carboxylic acids is 1. The molecule has 2 aromatic rings. The fraction of sp³-hybridized carbons (Fsp3) is 0.167. The maximum Gasteiger partial charge on any atom is 0.354 e. The monoisotopic (exact) mass is 248 g/mol. The second kappa shape index (κ2) is 4.79. The average molecular weight is 248 g/mol. The standard InChI is InChI=1S/C12H12N2O4/c1-17-8-4-3-7(5-9(8)18-2)10-11(12(15)16)14-6-13-10/h3-6H,1-2H3,(H,13,14)(H,15,16). The number of aromatic nitrogens is 2. The van der Waals surface area contributed by atoms with Crippen LogP contribution in [0.3, 0.4) is 0 Å². The van der Waals surface area contributed by atoms with E-state index in [2.05, 4.69) is 9.97 Å². The van der Waals surface area contributed by atoms with Gasteiger partial charge in [-0.05, 0) is 18.2 Å². The Hall–Kier alpha value is -2.50. The Labute approximate surface area is 103 Å². The maximum absolute atomic E-state index is 11.0. The molecule has 1 heterocycles. The molecule has 0 radical (unpaired) electrons. The number of carboxylic acid groups (broad SMARTS) is 1. The van der Waals surface area contributed by atoms with E-state index in [1.165, 1.54) is 20.5 Å². The lowest BCUT2D eigenvalue weighted by Crippen LogP contribution is -1.99. The van der Waals surface area contributed by atoms with Crippen molar-refractivity contribution in [3.05, 3.63) is 30.2 Å². The number of hydrogen-bond acceptors (Lipinski definition) is 4. The highest BCUT2D eigenvalue weighted by Gasteiger charge is 2.16. The Kier molecular flexibility index (Phi) is 3.18. The number of aromatic amines is 1. The highest BCUT2D eigenvalue weighted by molar-refractivity contribution is 5.92. The molecule has 2 rings (SSSR count). The first-order valence-electron chi connectivity index (χ1n) is 5.16. The molecule has 0 saturated heterocycles. The van der Waals surface area contributed by atoms with Crippen molar-refractivity contribution in [3.63, 3.8) is 0 Å². The molecule has 0 bridgehead atoms. The van der Waals surface area contributed by atoms with Crippen LogP contribution in [0.2, 0.25) is 0 Å². The van der Waals surface area contributed by atoms with Gasteiger partial charge in [0.05, 0.1) is 20.5 Å². The van der Waals surface area contributed by atoms with Gasteiger partial charge in [0.15, 0.2) is 17.2 Å². The first-order chi connectivity index (χ1) is 8.67. The van der Waals surface area contributed by atoms with Crippen molar-refractivity contribution in [2.24, 2.45) is 0 Å². The molecule has 0 aliphatic heterocycles. The van der Waals surface area contributed by atoms with Crippen molar-refractivity contribution in [2.75, 3.05) is 14.2 Å². The topological polar surface area (TPSA) is 84.4 Å². The molecule has 2 N–H and O–H groups in total. The van der Waals surface area contributed by atoms with Crippen molar-refractivity contribution in [3.8, 4) is 22.8 Å². The summed E-state index contributed by atoms with van der Waals surface area (Å²) in [6.07, 6.45) is 1.34. The lowest BCUT2D eigenvalue weighted by molar-refractivity contribution is 0.0692. The number of carbonyl (C=O) groups is 1. The van der Waals surface area contributed by atoms with E-state index < -0.39 is 5.97 Å². The second-order valence-electron chi connectivity index (χ2n) is 3.50. The van der Waals surface area contributed by atoms with Gasteiger partial charge in [0.25, 0.3) is 0 Å². The Bertz CT molecular complexity index is 577. The third kappa shape index (κ3) is 2.00. The number of benzene rings is 1. The summed E-state index contributed by atoms with van der Waals surface area (Å²) in [6.45, 7) is 0. The molecule has 0 unspecified atom stereocenters. The SMILES string of the molecule is COc1ccc(-c2nc[nH]c2C(=O)O)cc1OC. The van der Waals surface area contributed by atoms with Gasteiger partial charge in [0.2, 0.25) is 0 Å². The molecule has 0 fully saturated rings. The number of carboxylic acids is 1. The summed E-state index contributed by atoms with van der Waals surface area (Å²) in [5, 5.41) is 9.02. The second-order valence-corrected chi connectivity index (χ2v) is 3.50. The summed E-state index contributed by atoms with van der Waals surface area (Å²) in [5.41, 5.74) is 1.05. The van der Waals surface area contributed by atoms with Gasteiger partial charge in [0.1, 0.15) is 5.69 Å². The van der Waals surface area contributed by atoms with Crippen LogP contribution in [0.25, 0.3) is 11.3 Å². The van der Waals surface area contributed by atoms with Crippen LogP contribution in [0.5, 0.6) is 11.5 Å². The van der Waals surface area contributed by atoms with Gasteiger partial charge in [-0.1, -0.05) is 0 Å². The molecule has 6 nitrogen and oxygen atoms in total. The molecule has 0 aliphatic carbocycles. The fourth-order valence-electron chi connectivity index (χ4n) is 1.66. The zero-order valence-electron chi connectivity index (χ0n) is 9.93. The molecule has 0 spiro atoms. The predicted molar refractivity (Wildman–Crippen MR) is 64.1 cm³/mol. The van der Waals surface area contributed by atoms with E-state index in [0.29, 0.717) is 22.8 Å². The highest BCUT2D eigenvalue weighted by atomic mass is 16.5. The summed E-state index contributed by atoms with van der Waals surface area (Å²) in [5.74, 6) is 0.0419. The van der Waals surface area contributed by atoms with Gasteiger partial charge in [-0.25, -0.2) is 9.78 Å². The molecule has 18 heavy (non-hydrogen) atoms. The van der Waals surface area contributed by atoms with Crippen LogP contribution in [-0.4, -0.2) is 35.3 Å². The predicted octanol–water partition coefficient (Wildman–Crippen LogP) is 1.79. The summed E-state index contributed by atoms with van der Waals surface area (Å²) >= 11 is 0. The maximum atomic E-state index is 11.0. The number of hydrogen-bond donors (Lipinski definition) is 2. The number of rotatable bonds is 4. The fourth-order valence-corrected chi connectivity index (χ4v) is 1.66. The Morgan fingerprint density at radius 2 is 2.00 bits per heavy atom. The Balaban J connectivity index is 2.51. The van der Waals surface area contributed by atoms with Gasteiger partial charge in [-0.2, -0.15) is 0 Å². The summed E-state index contributed by atoms with van der Waals surface area (Å²) in [6, 6.07) is 5.11. The molecular formula is C12H12N2O4. The largest absolute Gasteiger partial charge is 0.493 e. The van der Waals surface area contributed by atoms with Crippen LogP contribution in [-0.2, 0) is 0 Å². The van der Waals surface area contributed by atoms with Crippen LogP contribution < -0.4 is 9.47 Å². The Morgan fingerprint density at radius 3 is 2.61 bits per heavy atom. The third-order valence-electron chi connectivity index (χ3n) is 2.51. The van der Waals surface area contributed by atoms with Gasteiger partial charge >= 0.3 is 5.97 Å². The quantitative estimate of drug-likeness (QED) is 0.861. The van der Waals surface area contributed by atoms with E-state index in [0.717, 1.165) is 0 Å². The number of ether oxygens (including phenoxy) is 2. The first kappa shape index (κ1) is 12.0. The molecule has 1 aromatic heterocycles. The van der Waals surface area contributed by atoms with E-state index in [4.69, 9.17) is 14.6 Å². The van der Waals surface area contributed by atoms with E-state index in [1.54, 1.807) is 18.2 Å². The molecule has 6 heteroatoms. The van der Waals surface area contributed by atoms with Crippen molar-refractivity contribution in [1.82, 2.24) is 9.97 Å². The van der Waals surface area contributed by atoms with E-state index in [-0.39, 0.29) is 5.69 Å². The molecule has 0 saturated carbocycles. The molecule has 0 amide bonds. The smallest absolute Gasteiger partial charge is 0.354 e. The van der Waals surface area contributed by atoms with Crippen LogP contribution in [0.1, 0.15) is 10.5 Å². The molecule has 94 valence electrons. The zero-order valence-corrected chi connectivity index (χ0v) is 9.93. The van der Waals surface area contributed by atoms with E-state index >= 15 is 0 Å². The number of nitrogens with zero attached hydrogens (tertiary/aromatic N) is 1. The van der Waals surface area contributed by atoms with Crippen LogP contribution in [0, 0.1) is 0 Å². The Morgan fingerprint density at radius 1 is 1.28 bits per heavy atom. The van der Waals surface area contributed by atoms with Crippen molar-refractivity contribution in [2.45, 2.75) is 0 Å². The van der Waals surface area contributed by atoms with Gasteiger partial charge in [-0.15, -0.1) is 0 Å². The first-order valence-corrected chi connectivity index (χ1v) is 5.16. The minimum Gasteiger partial charge on any atom is -0.493 e. The minimum atomic E-state index is -1.06. The highest BCUT2D eigenvalue weighted by Crippen LogP contribution is 2.32. The van der Waals surface area contributed by atoms with E-state index in [9.17, 15) is 4.79 Å². The van der Waals surface area contributed by atoms with Crippen LogP contribution in [0.4, 0.5) is 0 Å². The summed E-state index contributed by atoms with van der Waals surface area (Å²) < 4.78 is 10.3. The number of imidazole rings is 1. The number of nitrogens with one attached hydrogen (secondary N) is 1. The van der Waals surface area contributed by atoms with E-state index in [1.807, 2.05) is 0 Å². The number of methoxy groups -OCH3 is 2. The van der Waals surface area contributed by atoms with Crippen LogP contribution in [0.15, 0.2) is 24.5 Å². The summed E-state index contributed by atoms with van der Waals surface area (Å²) in [4.78, 5) is 17.6. The lowest BCUT2D eigenvalue weighted by Gasteiger charge is -2.08. The molecule has 0 aliphatic rings. The number of H-pyrrole nitrogens is 1. The zero-order chi connectivity index (χ0) is 13.1.